The van der Waals surface area contributed by atoms with Crippen molar-refractivity contribution < 1.29 is 4.79 Å². The van der Waals surface area contributed by atoms with Gasteiger partial charge in [-0.2, -0.15) is 10.2 Å². The van der Waals surface area contributed by atoms with E-state index >= 15 is 0 Å². The first-order valence-electron chi connectivity index (χ1n) is 13.1. The van der Waals surface area contributed by atoms with E-state index in [0.29, 0.717) is 28.0 Å². The topological polar surface area (TPSA) is 136 Å². The highest BCUT2D eigenvalue weighted by molar-refractivity contribution is 6.08. The summed E-state index contributed by atoms with van der Waals surface area (Å²) in [5.74, 6) is 6.43. The zero-order chi connectivity index (χ0) is 28.7. The van der Waals surface area contributed by atoms with E-state index in [9.17, 15) is 9.59 Å². The molecule has 2 aliphatic heterocycles. The number of carbonyl (C=O) groups excluding carboxylic acids is 1. The fourth-order valence-electron chi connectivity index (χ4n) is 4.94. The van der Waals surface area contributed by atoms with Gasteiger partial charge in [0.15, 0.2) is 12.2 Å². The molecule has 4 heterocycles. The van der Waals surface area contributed by atoms with Gasteiger partial charge in [0.05, 0.1) is 40.1 Å². The molecule has 1 amide bonds. The number of aromatic nitrogens is 4. The molecular formula is C30H27N9O2. The summed E-state index contributed by atoms with van der Waals surface area (Å²) in [6, 6.07) is 13.0. The van der Waals surface area contributed by atoms with Crippen molar-refractivity contribution in [3.05, 3.63) is 99.9 Å². The number of carbonyl (C=O) groups is 1. The molecule has 0 saturated heterocycles. The molecule has 41 heavy (non-hydrogen) atoms. The summed E-state index contributed by atoms with van der Waals surface area (Å²) in [6.07, 6.45) is 6.43. The maximum atomic E-state index is 14.2. The Morgan fingerprint density at radius 1 is 1.10 bits per heavy atom. The number of aliphatic imine (C=N–C) groups is 1. The first-order valence-corrected chi connectivity index (χ1v) is 13.1. The van der Waals surface area contributed by atoms with E-state index in [1.807, 2.05) is 56.4 Å². The molecule has 0 bridgehead atoms. The third kappa shape index (κ3) is 4.55. The largest absolute Gasteiger partial charge is 0.385 e. The number of nitrogens with one attached hydrogen (secondary N) is 1. The molecule has 6 rings (SSSR count). The summed E-state index contributed by atoms with van der Waals surface area (Å²) in [5.41, 5.74) is 9.17. The van der Waals surface area contributed by atoms with Crippen molar-refractivity contribution in [2.75, 3.05) is 0 Å². The van der Waals surface area contributed by atoms with Gasteiger partial charge in [-0.25, -0.2) is 15.0 Å². The fraction of sp³-hybridized carbons (Fsp3) is 0.200. The van der Waals surface area contributed by atoms with Crippen LogP contribution in [-0.2, 0) is 11.8 Å². The molecule has 0 saturated carbocycles. The van der Waals surface area contributed by atoms with E-state index < -0.39 is 24.2 Å². The number of para-hydroxylation sites is 1. The highest BCUT2D eigenvalue weighted by atomic mass is 16.2. The number of nitrogens with two attached hydrogens (primary N) is 1. The van der Waals surface area contributed by atoms with Crippen LogP contribution in [0.25, 0.3) is 16.6 Å². The lowest BCUT2D eigenvalue weighted by molar-refractivity contribution is -0.124. The Bertz CT molecular complexity index is 1890. The van der Waals surface area contributed by atoms with E-state index in [0.717, 1.165) is 11.3 Å². The van der Waals surface area contributed by atoms with Crippen LogP contribution >= 0.6 is 0 Å². The molecule has 204 valence electrons. The van der Waals surface area contributed by atoms with Crippen molar-refractivity contribution in [2.45, 2.75) is 32.1 Å². The Labute approximate surface area is 235 Å². The molecule has 3 unspecified atom stereocenters. The normalized spacial score (nSPS) is 18.0. The summed E-state index contributed by atoms with van der Waals surface area (Å²) in [4.78, 5) is 36.9. The van der Waals surface area contributed by atoms with Gasteiger partial charge in [0, 0.05) is 18.8 Å². The predicted octanol–water partition coefficient (Wildman–Crippen LogP) is 1.93. The van der Waals surface area contributed by atoms with Gasteiger partial charge in [0.25, 0.3) is 11.5 Å². The number of amides is 1. The molecule has 3 atom stereocenters. The Kier molecular flexibility index (Phi) is 6.43. The Hall–Kier alpha value is -5.50. The van der Waals surface area contributed by atoms with Crippen LogP contribution in [0.4, 0.5) is 0 Å². The van der Waals surface area contributed by atoms with Crippen LogP contribution in [0.2, 0.25) is 0 Å². The quantitative estimate of drug-likeness (QED) is 0.376. The molecule has 2 aromatic carbocycles. The van der Waals surface area contributed by atoms with E-state index in [2.05, 4.69) is 32.4 Å². The SMILES string of the molecule is Cc1c(C#Cc2cccc3nc(C(C)NC(=O)C4C(N)=NC5C=CC=NN54)n(-c4ccccc4)c(=O)c23)cnn1C. The predicted molar refractivity (Wildman–Crippen MR) is 156 cm³/mol. The van der Waals surface area contributed by atoms with Gasteiger partial charge in [0.2, 0.25) is 0 Å². The van der Waals surface area contributed by atoms with Gasteiger partial charge in [0.1, 0.15) is 11.7 Å². The van der Waals surface area contributed by atoms with E-state index in [1.54, 1.807) is 47.2 Å². The Balaban J connectivity index is 1.43. The average Bonchev–Trinajstić information content (AvgIpc) is 3.49. The number of hydrogen-bond donors (Lipinski definition) is 2. The van der Waals surface area contributed by atoms with Gasteiger partial charge in [-0.05, 0) is 50.3 Å². The number of amidine groups is 1. The number of hydrazone groups is 1. The molecule has 4 aromatic rings. The maximum Gasteiger partial charge on any atom is 0.267 e. The van der Waals surface area contributed by atoms with Crippen LogP contribution < -0.4 is 16.6 Å². The number of fused-ring (bicyclic) bond motifs is 2. The van der Waals surface area contributed by atoms with Crippen LogP contribution in [0.1, 0.15) is 35.6 Å². The third-order valence-electron chi connectivity index (χ3n) is 7.17. The lowest BCUT2D eigenvalue weighted by Gasteiger charge is -2.27. The second kappa shape index (κ2) is 10.2. The minimum absolute atomic E-state index is 0.169. The molecular weight excluding hydrogens is 518 g/mol. The van der Waals surface area contributed by atoms with Crippen molar-refractivity contribution in [1.82, 2.24) is 29.7 Å². The lowest BCUT2D eigenvalue weighted by atomic mass is 10.1. The number of nitrogens with zero attached hydrogens (tertiary/aromatic N) is 7. The summed E-state index contributed by atoms with van der Waals surface area (Å²) in [5, 5.41) is 13.4. The van der Waals surface area contributed by atoms with Gasteiger partial charge in [-0.1, -0.05) is 36.1 Å². The van der Waals surface area contributed by atoms with Crippen LogP contribution in [0.15, 0.2) is 81.8 Å². The van der Waals surface area contributed by atoms with Gasteiger partial charge >= 0.3 is 0 Å². The zero-order valence-electron chi connectivity index (χ0n) is 22.7. The van der Waals surface area contributed by atoms with E-state index in [-0.39, 0.29) is 11.4 Å². The third-order valence-corrected chi connectivity index (χ3v) is 7.17. The van der Waals surface area contributed by atoms with E-state index in [4.69, 9.17) is 10.7 Å². The highest BCUT2D eigenvalue weighted by Crippen LogP contribution is 2.23. The van der Waals surface area contributed by atoms with E-state index in [1.165, 1.54) is 4.57 Å². The van der Waals surface area contributed by atoms with Crippen molar-refractivity contribution in [1.29, 1.82) is 0 Å². The standard InChI is InChI=1S/C30H27N9O2/c1-18(34-29(40)26-27(31)36-24-13-8-16-32-39(24)26)28-35-23-12-7-9-20(14-15-21-17-33-37(3)19(21)2)25(23)30(41)38(28)22-10-5-4-6-11-22/h4-13,16-18,24,26H,1-3H3,(H2,31,36)(H,34,40). The average molecular weight is 546 g/mol. The first kappa shape index (κ1) is 25.8. The number of benzene rings is 2. The lowest BCUT2D eigenvalue weighted by Crippen LogP contribution is -2.51. The van der Waals surface area contributed by atoms with Crippen molar-refractivity contribution in [3.8, 4) is 17.5 Å². The molecule has 0 radical (unpaired) electrons. The van der Waals surface area contributed by atoms with Gasteiger partial charge < -0.3 is 11.1 Å². The Morgan fingerprint density at radius 2 is 1.88 bits per heavy atom. The van der Waals surface area contributed by atoms with Crippen LogP contribution in [-0.4, -0.2) is 54.5 Å². The van der Waals surface area contributed by atoms with Crippen molar-refractivity contribution >= 4 is 28.9 Å². The molecule has 11 nitrogen and oxygen atoms in total. The molecule has 3 N–H and O–H groups in total. The second-order valence-electron chi connectivity index (χ2n) is 9.79. The monoisotopic (exact) mass is 545 g/mol. The maximum absolute atomic E-state index is 14.2. The first-order chi connectivity index (χ1) is 19.8. The zero-order valence-corrected chi connectivity index (χ0v) is 22.7. The van der Waals surface area contributed by atoms with Crippen LogP contribution in [0.5, 0.6) is 0 Å². The molecule has 11 heteroatoms. The highest BCUT2D eigenvalue weighted by Gasteiger charge is 2.39. The van der Waals surface area contributed by atoms with Gasteiger partial charge in [-0.15, -0.1) is 0 Å². The molecule has 0 fully saturated rings. The summed E-state index contributed by atoms with van der Waals surface area (Å²) < 4.78 is 3.27. The number of hydrogen-bond acceptors (Lipinski definition) is 8. The van der Waals surface area contributed by atoms with Crippen molar-refractivity contribution in [2.24, 2.45) is 22.9 Å². The summed E-state index contributed by atoms with van der Waals surface area (Å²) in [6.45, 7) is 3.71. The van der Waals surface area contributed by atoms with Crippen LogP contribution in [0, 0.1) is 18.8 Å². The molecule has 0 aliphatic carbocycles. The van der Waals surface area contributed by atoms with Crippen LogP contribution in [0.3, 0.4) is 0 Å². The molecule has 0 spiro atoms. The Morgan fingerprint density at radius 3 is 2.63 bits per heavy atom. The molecule has 2 aliphatic rings. The smallest absolute Gasteiger partial charge is 0.267 e. The number of aryl methyl sites for hydroxylation is 1. The summed E-state index contributed by atoms with van der Waals surface area (Å²) in [7, 11) is 1.85. The number of allylic oxidation sites excluding steroid dienone is 1. The number of rotatable bonds is 4. The minimum atomic E-state index is -0.876. The second-order valence-corrected chi connectivity index (χ2v) is 9.79. The van der Waals surface area contributed by atoms with Crippen molar-refractivity contribution in [3.63, 3.8) is 0 Å². The van der Waals surface area contributed by atoms with Gasteiger partial charge in [-0.3, -0.25) is 18.8 Å². The summed E-state index contributed by atoms with van der Waals surface area (Å²) >= 11 is 0. The molecule has 2 aromatic heterocycles. The minimum Gasteiger partial charge on any atom is -0.385 e. The fourth-order valence-corrected chi connectivity index (χ4v) is 4.94.